The molecule has 2 amide bonds. The molecule has 1 atom stereocenters. The quantitative estimate of drug-likeness (QED) is 0.688. The summed E-state index contributed by atoms with van der Waals surface area (Å²) in [5.41, 5.74) is 1.21. The summed E-state index contributed by atoms with van der Waals surface area (Å²) in [6.07, 6.45) is 0.902. The van der Waals surface area contributed by atoms with Crippen molar-refractivity contribution in [1.29, 1.82) is 0 Å². The Morgan fingerprint density at radius 1 is 1.17 bits per heavy atom. The van der Waals surface area contributed by atoms with E-state index in [1.165, 1.54) is 11.8 Å². The third kappa shape index (κ3) is 5.51. The number of para-hydroxylation sites is 4. The summed E-state index contributed by atoms with van der Waals surface area (Å²) in [5, 5.41) is 5.46. The summed E-state index contributed by atoms with van der Waals surface area (Å²) in [6.45, 7) is 2.58. The maximum Gasteiger partial charge on any atom is 0.240 e. The number of ether oxygens (including phenoxy) is 2. The summed E-state index contributed by atoms with van der Waals surface area (Å²) in [6, 6.07) is 14.5. The number of amidine groups is 1. The Morgan fingerprint density at radius 2 is 1.90 bits per heavy atom. The van der Waals surface area contributed by atoms with Crippen LogP contribution in [0.25, 0.3) is 0 Å². The minimum Gasteiger partial charge on any atom is -0.494 e. The minimum absolute atomic E-state index is 0.0313. The highest BCUT2D eigenvalue weighted by Gasteiger charge is 2.32. The van der Waals surface area contributed by atoms with Crippen LogP contribution < -0.4 is 20.1 Å². The predicted molar refractivity (Wildman–Crippen MR) is 115 cm³/mol. The van der Waals surface area contributed by atoms with Crippen molar-refractivity contribution in [2.24, 2.45) is 4.99 Å². The highest BCUT2D eigenvalue weighted by Crippen LogP contribution is 2.31. The van der Waals surface area contributed by atoms with E-state index in [2.05, 4.69) is 15.6 Å². The molecule has 0 radical (unpaired) electrons. The second-order valence-corrected chi connectivity index (χ2v) is 7.47. The highest BCUT2D eigenvalue weighted by molar-refractivity contribution is 8.15. The smallest absolute Gasteiger partial charge is 0.240 e. The number of hydrogen-bond acceptors (Lipinski definition) is 6. The second-order valence-electron chi connectivity index (χ2n) is 6.28. The van der Waals surface area contributed by atoms with Crippen molar-refractivity contribution in [2.45, 2.75) is 25.0 Å². The van der Waals surface area contributed by atoms with E-state index in [0.717, 1.165) is 6.42 Å². The molecule has 0 aliphatic carbocycles. The summed E-state index contributed by atoms with van der Waals surface area (Å²) < 4.78 is 10.9. The molecule has 152 valence electrons. The van der Waals surface area contributed by atoms with Crippen molar-refractivity contribution in [1.82, 2.24) is 5.32 Å². The normalized spacial score (nSPS) is 17.1. The zero-order valence-corrected chi connectivity index (χ0v) is 17.1. The van der Waals surface area contributed by atoms with Crippen molar-refractivity contribution in [3.05, 3.63) is 48.5 Å². The van der Waals surface area contributed by atoms with E-state index in [-0.39, 0.29) is 18.2 Å². The molecule has 29 heavy (non-hydrogen) atoms. The number of rotatable bonds is 8. The number of nitrogens with one attached hydrogen (secondary N) is 2. The van der Waals surface area contributed by atoms with E-state index in [0.29, 0.717) is 34.6 Å². The van der Waals surface area contributed by atoms with Gasteiger partial charge in [-0.3, -0.25) is 9.59 Å². The molecule has 1 aliphatic rings. The zero-order chi connectivity index (χ0) is 20.6. The van der Waals surface area contributed by atoms with E-state index in [9.17, 15) is 9.59 Å². The van der Waals surface area contributed by atoms with Crippen LogP contribution >= 0.6 is 11.8 Å². The van der Waals surface area contributed by atoms with Gasteiger partial charge in [0.1, 0.15) is 22.4 Å². The van der Waals surface area contributed by atoms with Crippen molar-refractivity contribution in [2.75, 3.05) is 19.0 Å². The number of benzene rings is 2. The van der Waals surface area contributed by atoms with Crippen LogP contribution in [0.1, 0.15) is 19.8 Å². The van der Waals surface area contributed by atoms with Gasteiger partial charge >= 0.3 is 0 Å². The minimum atomic E-state index is -0.549. The third-order valence-corrected chi connectivity index (χ3v) is 5.16. The molecule has 1 aliphatic heterocycles. The summed E-state index contributed by atoms with van der Waals surface area (Å²) >= 11 is 1.23. The van der Waals surface area contributed by atoms with E-state index in [1.807, 2.05) is 31.2 Å². The molecule has 1 saturated heterocycles. The fraction of sp³-hybridized carbons (Fsp3) is 0.286. The number of methoxy groups -OCH3 is 1. The molecule has 0 unspecified atom stereocenters. The average molecular weight is 413 g/mol. The lowest BCUT2D eigenvalue weighted by Gasteiger charge is -2.12. The monoisotopic (exact) mass is 413 g/mol. The van der Waals surface area contributed by atoms with E-state index >= 15 is 0 Å². The summed E-state index contributed by atoms with van der Waals surface area (Å²) in [7, 11) is 1.56. The fourth-order valence-corrected chi connectivity index (χ4v) is 3.68. The van der Waals surface area contributed by atoms with Crippen LogP contribution in [-0.4, -0.2) is 35.9 Å². The van der Waals surface area contributed by atoms with Crippen LogP contribution in [-0.2, 0) is 9.59 Å². The molecule has 8 heteroatoms. The Labute approximate surface area is 173 Å². The van der Waals surface area contributed by atoms with Crippen LogP contribution in [0.3, 0.4) is 0 Å². The lowest BCUT2D eigenvalue weighted by molar-refractivity contribution is -0.122. The number of carbonyl (C=O) groups is 2. The number of amides is 2. The van der Waals surface area contributed by atoms with Gasteiger partial charge in [0.05, 0.1) is 19.4 Å². The molecule has 1 fully saturated rings. The number of carbonyl (C=O) groups excluding carboxylic acids is 2. The molecule has 3 rings (SSSR count). The van der Waals surface area contributed by atoms with Crippen LogP contribution in [0.2, 0.25) is 0 Å². The van der Waals surface area contributed by atoms with Crippen molar-refractivity contribution in [3.63, 3.8) is 0 Å². The zero-order valence-electron chi connectivity index (χ0n) is 16.3. The van der Waals surface area contributed by atoms with Crippen LogP contribution in [0.5, 0.6) is 11.5 Å². The molecular formula is C21H23N3O4S. The van der Waals surface area contributed by atoms with Crippen LogP contribution in [0.15, 0.2) is 53.5 Å². The molecule has 2 aromatic carbocycles. The first-order valence-corrected chi connectivity index (χ1v) is 10.2. The molecule has 1 heterocycles. The molecule has 2 aromatic rings. The van der Waals surface area contributed by atoms with Gasteiger partial charge in [0.15, 0.2) is 5.17 Å². The first-order valence-electron chi connectivity index (χ1n) is 9.31. The molecule has 0 aromatic heterocycles. The molecule has 0 saturated carbocycles. The van der Waals surface area contributed by atoms with Crippen molar-refractivity contribution >= 4 is 40.1 Å². The summed E-state index contributed by atoms with van der Waals surface area (Å²) in [4.78, 5) is 29.2. The van der Waals surface area contributed by atoms with E-state index < -0.39 is 5.25 Å². The first-order chi connectivity index (χ1) is 14.1. The Hall–Kier alpha value is -3.00. The van der Waals surface area contributed by atoms with Gasteiger partial charge < -0.3 is 20.1 Å². The summed E-state index contributed by atoms with van der Waals surface area (Å²) in [5.74, 6) is 0.724. The van der Waals surface area contributed by atoms with Crippen LogP contribution in [0.4, 0.5) is 11.4 Å². The third-order valence-electron chi connectivity index (χ3n) is 4.08. The van der Waals surface area contributed by atoms with Gasteiger partial charge in [-0.25, -0.2) is 4.99 Å². The molecule has 0 spiro atoms. The number of hydrogen-bond donors (Lipinski definition) is 2. The molecular weight excluding hydrogens is 390 g/mol. The Kier molecular flexibility index (Phi) is 7.13. The van der Waals surface area contributed by atoms with Gasteiger partial charge in [0, 0.05) is 6.42 Å². The van der Waals surface area contributed by atoms with Crippen LogP contribution in [0, 0.1) is 0 Å². The second kappa shape index (κ2) is 9.97. The lowest BCUT2D eigenvalue weighted by atomic mass is 10.2. The molecule has 0 bridgehead atoms. The number of nitrogens with zero attached hydrogens (tertiary/aromatic N) is 1. The molecule has 7 nitrogen and oxygen atoms in total. The standard InChI is InChI=1S/C21H23N3O4S/c1-3-12-28-17-11-7-5-9-15(17)22-19(25)13-18-20(26)24-21(29-18)23-14-8-4-6-10-16(14)27-2/h4-11,18H,3,12-13H2,1-2H3,(H,22,25)(H,23,24,26)/t18-/m0/s1. The van der Waals surface area contributed by atoms with Crippen molar-refractivity contribution < 1.29 is 19.1 Å². The lowest BCUT2D eigenvalue weighted by Crippen LogP contribution is -2.28. The predicted octanol–water partition coefficient (Wildman–Crippen LogP) is 3.73. The van der Waals surface area contributed by atoms with Gasteiger partial charge in [-0.15, -0.1) is 0 Å². The van der Waals surface area contributed by atoms with Crippen molar-refractivity contribution in [3.8, 4) is 11.5 Å². The maximum atomic E-state index is 12.5. The highest BCUT2D eigenvalue weighted by atomic mass is 32.2. The maximum absolute atomic E-state index is 12.5. The largest absolute Gasteiger partial charge is 0.494 e. The van der Waals surface area contributed by atoms with E-state index in [4.69, 9.17) is 9.47 Å². The first kappa shape index (κ1) is 20.7. The Balaban J connectivity index is 1.63. The average Bonchev–Trinajstić information content (AvgIpc) is 3.06. The van der Waals surface area contributed by atoms with Gasteiger partial charge in [-0.2, -0.15) is 0 Å². The topological polar surface area (TPSA) is 89.0 Å². The number of aliphatic imine (C=N–C) groups is 1. The number of anilines is 1. The van der Waals surface area contributed by atoms with Gasteiger partial charge in [0.2, 0.25) is 11.8 Å². The Morgan fingerprint density at radius 3 is 2.66 bits per heavy atom. The molecule has 2 N–H and O–H groups in total. The van der Waals surface area contributed by atoms with Gasteiger partial charge in [0.25, 0.3) is 0 Å². The Bertz CT molecular complexity index is 916. The number of thioether (sulfide) groups is 1. The van der Waals surface area contributed by atoms with Gasteiger partial charge in [-0.1, -0.05) is 43.0 Å². The van der Waals surface area contributed by atoms with E-state index in [1.54, 1.807) is 31.4 Å². The van der Waals surface area contributed by atoms with Gasteiger partial charge in [-0.05, 0) is 30.7 Å². The fourth-order valence-electron chi connectivity index (χ4n) is 2.70. The SMILES string of the molecule is CCCOc1ccccc1NC(=O)C[C@@H]1SC(=Nc2ccccc2OC)NC1=O.